The molecule has 0 aliphatic rings. The first kappa shape index (κ1) is 18.1. The third-order valence-corrected chi connectivity index (χ3v) is 6.71. The summed E-state index contributed by atoms with van der Waals surface area (Å²) in [6.45, 7) is 0.190. The Hall–Kier alpha value is -3.24. The normalized spacial score (nSPS) is 11.4. The van der Waals surface area contributed by atoms with Gasteiger partial charge in [0.1, 0.15) is 4.21 Å². The molecule has 28 heavy (non-hydrogen) atoms. The monoisotopic (exact) mass is 413 g/mol. The molecule has 142 valence electrons. The van der Waals surface area contributed by atoms with E-state index in [2.05, 4.69) is 20.2 Å². The molecule has 0 bridgehead atoms. The zero-order chi connectivity index (χ0) is 19.6. The van der Waals surface area contributed by atoms with Crippen molar-refractivity contribution in [1.82, 2.24) is 19.9 Å². The highest BCUT2D eigenvalue weighted by Gasteiger charge is 2.16. The first-order chi connectivity index (χ1) is 13.5. The zero-order valence-corrected chi connectivity index (χ0v) is 16.1. The Bertz CT molecular complexity index is 1230. The number of anilines is 1. The predicted molar refractivity (Wildman–Crippen MR) is 106 cm³/mol. The number of thiophene rings is 1. The van der Waals surface area contributed by atoms with Crippen molar-refractivity contribution in [3.63, 3.8) is 0 Å². The number of nitrogens with zero attached hydrogens (tertiary/aromatic N) is 3. The van der Waals surface area contributed by atoms with Crippen LogP contribution in [0.4, 0.5) is 5.69 Å². The first-order valence-electron chi connectivity index (χ1n) is 8.26. The van der Waals surface area contributed by atoms with E-state index in [4.69, 9.17) is 0 Å². The van der Waals surface area contributed by atoms with Gasteiger partial charge in [-0.15, -0.1) is 21.5 Å². The molecule has 3 aromatic heterocycles. The van der Waals surface area contributed by atoms with Gasteiger partial charge in [-0.05, 0) is 41.8 Å². The summed E-state index contributed by atoms with van der Waals surface area (Å²) in [5, 5.41) is 12.6. The third kappa shape index (κ3) is 3.73. The van der Waals surface area contributed by atoms with Gasteiger partial charge in [-0.25, -0.2) is 8.42 Å². The molecular formula is C18H15N5O3S2. The van der Waals surface area contributed by atoms with Crippen LogP contribution in [0.5, 0.6) is 0 Å². The molecule has 1 aromatic carbocycles. The summed E-state index contributed by atoms with van der Waals surface area (Å²) in [6.07, 6.45) is 1.82. The molecule has 0 aliphatic carbocycles. The first-order valence-corrected chi connectivity index (χ1v) is 10.6. The molecule has 4 rings (SSSR count). The van der Waals surface area contributed by atoms with E-state index in [-0.39, 0.29) is 16.7 Å². The second kappa shape index (κ2) is 7.41. The largest absolute Gasteiger partial charge is 0.345 e. The molecule has 0 aliphatic heterocycles. The highest BCUT2D eigenvalue weighted by Crippen LogP contribution is 2.20. The van der Waals surface area contributed by atoms with E-state index >= 15 is 0 Å². The van der Waals surface area contributed by atoms with Gasteiger partial charge < -0.3 is 5.32 Å². The fourth-order valence-electron chi connectivity index (χ4n) is 2.62. The minimum atomic E-state index is -3.67. The second-order valence-electron chi connectivity index (χ2n) is 5.85. The van der Waals surface area contributed by atoms with Crippen LogP contribution in [-0.2, 0) is 16.6 Å². The van der Waals surface area contributed by atoms with Crippen molar-refractivity contribution in [1.29, 1.82) is 0 Å². The summed E-state index contributed by atoms with van der Waals surface area (Å²) in [4.78, 5) is 12.5. The number of hydrogen-bond acceptors (Lipinski definition) is 6. The predicted octanol–water partition coefficient (Wildman–Crippen LogP) is 2.52. The van der Waals surface area contributed by atoms with E-state index in [1.165, 1.54) is 12.1 Å². The molecule has 0 spiro atoms. The Morgan fingerprint density at radius 3 is 2.79 bits per heavy atom. The van der Waals surface area contributed by atoms with Crippen molar-refractivity contribution < 1.29 is 13.2 Å². The Morgan fingerprint density at radius 1 is 1.07 bits per heavy atom. The number of carbonyl (C=O) groups is 1. The number of hydrogen-bond donors (Lipinski definition) is 2. The smallest absolute Gasteiger partial charge is 0.271 e. The van der Waals surface area contributed by atoms with Gasteiger partial charge in [0.15, 0.2) is 11.5 Å². The minimum absolute atomic E-state index is 0.190. The summed E-state index contributed by atoms with van der Waals surface area (Å²) in [5.41, 5.74) is 1.34. The van der Waals surface area contributed by atoms with Crippen LogP contribution < -0.4 is 10.0 Å². The van der Waals surface area contributed by atoms with E-state index in [0.717, 1.165) is 11.3 Å². The molecule has 0 saturated heterocycles. The van der Waals surface area contributed by atoms with Crippen LogP contribution in [0.25, 0.3) is 5.65 Å². The Kier molecular flexibility index (Phi) is 4.80. The number of rotatable bonds is 6. The fourth-order valence-corrected chi connectivity index (χ4v) is 4.66. The van der Waals surface area contributed by atoms with Crippen LogP contribution in [0.15, 0.2) is 70.4 Å². The summed E-state index contributed by atoms with van der Waals surface area (Å²) in [7, 11) is -3.67. The minimum Gasteiger partial charge on any atom is -0.345 e. The molecule has 0 atom stereocenters. The number of pyridine rings is 1. The van der Waals surface area contributed by atoms with E-state index in [0.29, 0.717) is 22.7 Å². The van der Waals surface area contributed by atoms with Crippen molar-refractivity contribution in [2.24, 2.45) is 0 Å². The van der Waals surface area contributed by atoms with Gasteiger partial charge >= 0.3 is 0 Å². The number of carbonyl (C=O) groups excluding carboxylic acids is 1. The lowest BCUT2D eigenvalue weighted by Gasteiger charge is -2.09. The van der Waals surface area contributed by atoms with Gasteiger partial charge in [-0.3, -0.25) is 13.9 Å². The number of amides is 1. The van der Waals surface area contributed by atoms with E-state index in [9.17, 15) is 13.2 Å². The molecule has 1 amide bonds. The van der Waals surface area contributed by atoms with Crippen LogP contribution >= 0.6 is 11.3 Å². The van der Waals surface area contributed by atoms with Crippen molar-refractivity contribution in [3.8, 4) is 0 Å². The lowest BCUT2D eigenvalue weighted by Crippen LogP contribution is -2.24. The summed E-state index contributed by atoms with van der Waals surface area (Å²) < 4.78 is 29.1. The average molecular weight is 413 g/mol. The summed E-state index contributed by atoms with van der Waals surface area (Å²) in [5.74, 6) is 0.253. The molecule has 0 unspecified atom stereocenters. The van der Waals surface area contributed by atoms with Gasteiger partial charge in [-0.1, -0.05) is 18.2 Å². The van der Waals surface area contributed by atoms with Gasteiger partial charge in [0.25, 0.3) is 15.9 Å². The molecule has 2 N–H and O–H groups in total. The van der Waals surface area contributed by atoms with E-state index in [1.807, 2.05) is 24.4 Å². The van der Waals surface area contributed by atoms with Crippen molar-refractivity contribution in [2.45, 2.75) is 10.8 Å². The number of benzene rings is 1. The molecule has 10 heteroatoms. The Balaban J connectivity index is 1.47. The number of sulfonamides is 1. The molecule has 4 aromatic rings. The number of fused-ring (bicyclic) bond motifs is 1. The lowest BCUT2D eigenvalue weighted by molar-refractivity contribution is 0.0950. The third-order valence-electron chi connectivity index (χ3n) is 3.93. The molecule has 8 nitrogen and oxygen atoms in total. The molecule has 3 heterocycles. The Labute approximate surface area is 164 Å². The topological polar surface area (TPSA) is 105 Å². The molecule has 0 saturated carbocycles. The van der Waals surface area contributed by atoms with Crippen LogP contribution in [0.2, 0.25) is 0 Å². The maximum absolute atomic E-state index is 12.5. The maximum Gasteiger partial charge on any atom is 0.271 e. The van der Waals surface area contributed by atoms with Crippen molar-refractivity contribution in [3.05, 3.63) is 77.6 Å². The number of nitrogens with one attached hydrogen (secondary N) is 2. The SMILES string of the molecule is O=C(NCc1nnc2ccccn12)c1cccc(NS(=O)(=O)c2cccs2)c1. The summed E-state index contributed by atoms with van der Waals surface area (Å²) in [6, 6.07) is 15.0. The highest BCUT2D eigenvalue weighted by atomic mass is 32.2. The van der Waals surface area contributed by atoms with Crippen molar-refractivity contribution >= 4 is 38.6 Å². The van der Waals surface area contributed by atoms with E-state index < -0.39 is 10.0 Å². The van der Waals surface area contributed by atoms with Gasteiger partial charge in [0.2, 0.25) is 0 Å². The molecule has 0 fully saturated rings. The van der Waals surface area contributed by atoms with Gasteiger partial charge in [0.05, 0.1) is 6.54 Å². The fraction of sp³-hybridized carbons (Fsp3) is 0.0556. The van der Waals surface area contributed by atoms with Crippen LogP contribution in [0.3, 0.4) is 0 Å². The molecule has 0 radical (unpaired) electrons. The van der Waals surface area contributed by atoms with Gasteiger partial charge in [-0.2, -0.15) is 0 Å². The van der Waals surface area contributed by atoms with Crippen LogP contribution in [0.1, 0.15) is 16.2 Å². The maximum atomic E-state index is 12.5. The van der Waals surface area contributed by atoms with Crippen molar-refractivity contribution in [2.75, 3.05) is 4.72 Å². The highest BCUT2D eigenvalue weighted by molar-refractivity contribution is 7.94. The standard InChI is InChI=1S/C18H15N5O3S2/c24-18(19-12-16-21-20-15-7-1-2-9-23(15)16)13-5-3-6-14(11-13)22-28(25,26)17-8-4-10-27-17/h1-11,22H,12H2,(H,19,24). The second-order valence-corrected chi connectivity index (χ2v) is 8.70. The van der Waals surface area contributed by atoms with Crippen LogP contribution in [-0.4, -0.2) is 28.9 Å². The summed E-state index contributed by atoms with van der Waals surface area (Å²) >= 11 is 1.12. The molecular weight excluding hydrogens is 398 g/mol. The zero-order valence-electron chi connectivity index (χ0n) is 14.4. The van der Waals surface area contributed by atoms with Crippen LogP contribution in [0, 0.1) is 0 Å². The average Bonchev–Trinajstić information content (AvgIpc) is 3.37. The lowest BCUT2D eigenvalue weighted by atomic mass is 10.2. The van der Waals surface area contributed by atoms with Gasteiger partial charge in [0, 0.05) is 17.4 Å². The Morgan fingerprint density at radius 2 is 1.96 bits per heavy atom. The van der Waals surface area contributed by atoms with E-state index in [1.54, 1.807) is 34.0 Å². The quantitative estimate of drug-likeness (QED) is 0.505. The number of aromatic nitrogens is 3.